The van der Waals surface area contributed by atoms with Gasteiger partial charge in [0.05, 0.1) is 6.54 Å². The number of aliphatic imine (C=N–C) groups is 1. The van der Waals surface area contributed by atoms with Crippen molar-refractivity contribution in [1.29, 1.82) is 0 Å². The molecule has 0 bridgehead atoms. The van der Waals surface area contributed by atoms with Crippen LogP contribution in [-0.2, 0) is 0 Å². The molecule has 16 heavy (non-hydrogen) atoms. The Bertz CT molecular complexity index is 208. The third-order valence-corrected chi connectivity index (χ3v) is 1.70. The summed E-state index contributed by atoms with van der Waals surface area (Å²) in [6.07, 6.45) is -4.14. The molecule has 0 aliphatic rings. The predicted octanol–water partition coefficient (Wildman–Crippen LogP) is 0.893. The molecule has 0 saturated carbocycles. The number of hydrogen-bond donors (Lipinski definition) is 2. The Morgan fingerprint density at radius 1 is 1.38 bits per heavy atom. The van der Waals surface area contributed by atoms with Gasteiger partial charge in [-0.05, 0) is 7.05 Å². The Balaban J connectivity index is 0. The van der Waals surface area contributed by atoms with Crippen LogP contribution in [-0.4, -0.2) is 57.8 Å². The van der Waals surface area contributed by atoms with Gasteiger partial charge in [-0.2, -0.15) is 13.2 Å². The van der Waals surface area contributed by atoms with Crippen LogP contribution < -0.4 is 10.6 Å². The van der Waals surface area contributed by atoms with Gasteiger partial charge >= 0.3 is 6.18 Å². The van der Waals surface area contributed by atoms with E-state index in [4.69, 9.17) is 0 Å². The summed E-state index contributed by atoms with van der Waals surface area (Å²) in [6, 6.07) is 0. The Morgan fingerprint density at radius 3 is 2.31 bits per heavy atom. The van der Waals surface area contributed by atoms with Crippen molar-refractivity contribution in [3.05, 3.63) is 0 Å². The zero-order valence-electron chi connectivity index (χ0n) is 9.56. The summed E-state index contributed by atoms with van der Waals surface area (Å²) in [5.41, 5.74) is 0. The first kappa shape index (κ1) is 18.1. The fraction of sp³-hybridized carbons (Fsp3) is 0.875. The maximum absolute atomic E-state index is 11.9. The first-order valence-electron chi connectivity index (χ1n) is 4.52. The number of guanidine groups is 1. The highest BCUT2D eigenvalue weighted by molar-refractivity contribution is 14.0. The highest BCUT2D eigenvalue weighted by Gasteiger charge is 2.28. The van der Waals surface area contributed by atoms with Crippen LogP contribution in [0.4, 0.5) is 13.2 Å². The minimum atomic E-state index is -4.14. The molecule has 0 saturated heterocycles. The second kappa shape index (κ2) is 8.85. The van der Waals surface area contributed by atoms with Crippen molar-refractivity contribution in [3.63, 3.8) is 0 Å². The van der Waals surface area contributed by atoms with Crippen LogP contribution in [0, 0.1) is 0 Å². The van der Waals surface area contributed by atoms with Crippen LogP contribution in [0.5, 0.6) is 0 Å². The summed E-state index contributed by atoms with van der Waals surface area (Å²) in [5.74, 6) is 0.565. The summed E-state index contributed by atoms with van der Waals surface area (Å²) >= 11 is 0. The van der Waals surface area contributed by atoms with E-state index in [9.17, 15) is 13.2 Å². The van der Waals surface area contributed by atoms with E-state index in [1.165, 1.54) is 11.9 Å². The Hall–Kier alpha value is -0.250. The number of nitrogens with zero attached hydrogens (tertiary/aromatic N) is 2. The second-order valence-corrected chi connectivity index (χ2v) is 3.10. The summed E-state index contributed by atoms with van der Waals surface area (Å²) < 4.78 is 35.8. The monoisotopic (exact) mass is 354 g/mol. The van der Waals surface area contributed by atoms with Crippen LogP contribution in [0.2, 0.25) is 0 Å². The van der Waals surface area contributed by atoms with Gasteiger partial charge in [-0.3, -0.25) is 9.89 Å². The van der Waals surface area contributed by atoms with Crippen molar-refractivity contribution in [1.82, 2.24) is 15.5 Å². The van der Waals surface area contributed by atoms with Gasteiger partial charge in [-0.15, -0.1) is 24.0 Å². The smallest absolute Gasteiger partial charge is 0.359 e. The Kier molecular flexibility index (Phi) is 10.0. The molecule has 2 N–H and O–H groups in total. The first-order chi connectivity index (χ1) is 6.89. The van der Waals surface area contributed by atoms with Crippen molar-refractivity contribution in [2.75, 3.05) is 40.8 Å². The molecule has 4 nitrogen and oxygen atoms in total. The zero-order valence-corrected chi connectivity index (χ0v) is 11.9. The minimum Gasteiger partial charge on any atom is -0.359 e. The lowest BCUT2D eigenvalue weighted by atomic mass is 10.5. The molecule has 0 spiro atoms. The molecule has 98 valence electrons. The molecule has 0 aromatic heterocycles. The molecule has 0 heterocycles. The maximum atomic E-state index is 11.9. The van der Waals surface area contributed by atoms with Gasteiger partial charge < -0.3 is 10.6 Å². The molecule has 0 aromatic carbocycles. The van der Waals surface area contributed by atoms with E-state index in [0.29, 0.717) is 19.0 Å². The third kappa shape index (κ3) is 10.3. The summed E-state index contributed by atoms with van der Waals surface area (Å²) in [5, 5.41) is 5.64. The summed E-state index contributed by atoms with van der Waals surface area (Å²) in [6.45, 7) is -0.173. The number of nitrogens with one attached hydrogen (secondary N) is 2. The highest BCUT2D eigenvalue weighted by atomic mass is 127. The maximum Gasteiger partial charge on any atom is 0.401 e. The van der Waals surface area contributed by atoms with Gasteiger partial charge in [0.2, 0.25) is 0 Å². The molecule has 0 radical (unpaired) electrons. The molecular formula is C8H18F3IN4. The number of hydrogen-bond acceptors (Lipinski definition) is 2. The van der Waals surface area contributed by atoms with E-state index in [1.807, 2.05) is 0 Å². The predicted molar refractivity (Wildman–Crippen MR) is 69.4 cm³/mol. The normalized spacial score (nSPS) is 12.3. The van der Waals surface area contributed by atoms with Gasteiger partial charge in [-0.1, -0.05) is 0 Å². The van der Waals surface area contributed by atoms with E-state index in [-0.39, 0.29) is 24.0 Å². The Labute approximate surface area is 111 Å². The lowest BCUT2D eigenvalue weighted by Crippen LogP contribution is -2.41. The summed E-state index contributed by atoms with van der Waals surface area (Å²) in [7, 11) is 4.71. The third-order valence-electron chi connectivity index (χ3n) is 1.70. The molecule has 8 heteroatoms. The Morgan fingerprint density at radius 2 is 1.94 bits per heavy atom. The van der Waals surface area contributed by atoms with Crippen molar-refractivity contribution < 1.29 is 13.2 Å². The number of rotatable bonds is 4. The van der Waals surface area contributed by atoms with Crippen LogP contribution >= 0.6 is 24.0 Å². The van der Waals surface area contributed by atoms with E-state index in [0.717, 1.165) is 0 Å². The highest BCUT2D eigenvalue weighted by Crippen LogP contribution is 2.14. The van der Waals surface area contributed by atoms with Gasteiger partial charge in [-0.25, -0.2) is 0 Å². The minimum absolute atomic E-state index is 0. The van der Waals surface area contributed by atoms with Gasteiger partial charge in [0, 0.05) is 27.2 Å². The van der Waals surface area contributed by atoms with Crippen LogP contribution in [0.3, 0.4) is 0 Å². The fourth-order valence-electron chi connectivity index (χ4n) is 1.03. The summed E-state index contributed by atoms with van der Waals surface area (Å²) in [4.78, 5) is 5.04. The van der Waals surface area contributed by atoms with Crippen LogP contribution in [0.15, 0.2) is 4.99 Å². The van der Waals surface area contributed by atoms with Crippen molar-refractivity contribution in [2.45, 2.75) is 6.18 Å². The number of halogens is 4. The lowest BCUT2D eigenvalue weighted by Gasteiger charge is -2.19. The lowest BCUT2D eigenvalue weighted by molar-refractivity contribution is -0.142. The van der Waals surface area contributed by atoms with E-state index < -0.39 is 12.7 Å². The van der Waals surface area contributed by atoms with E-state index in [2.05, 4.69) is 15.6 Å². The molecule has 0 aliphatic carbocycles. The number of alkyl halides is 3. The average molecular weight is 354 g/mol. The van der Waals surface area contributed by atoms with Crippen LogP contribution in [0.25, 0.3) is 0 Å². The SMILES string of the molecule is CN=C(NC)NCCN(C)CC(F)(F)F.I. The second-order valence-electron chi connectivity index (χ2n) is 3.10. The topological polar surface area (TPSA) is 39.7 Å². The van der Waals surface area contributed by atoms with Gasteiger partial charge in [0.15, 0.2) is 5.96 Å². The van der Waals surface area contributed by atoms with E-state index in [1.54, 1.807) is 14.1 Å². The van der Waals surface area contributed by atoms with Crippen molar-refractivity contribution in [2.24, 2.45) is 4.99 Å². The molecule has 0 rings (SSSR count). The first-order valence-corrected chi connectivity index (χ1v) is 4.52. The zero-order chi connectivity index (χ0) is 11.9. The van der Waals surface area contributed by atoms with Crippen molar-refractivity contribution >= 4 is 29.9 Å². The van der Waals surface area contributed by atoms with Crippen LogP contribution in [0.1, 0.15) is 0 Å². The largest absolute Gasteiger partial charge is 0.401 e. The molecule has 0 aliphatic heterocycles. The van der Waals surface area contributed by atoms with Gasteiger partial charge in [0.25, 0.3) is 0 Å². The fourth-order valence-corrected chi connectivity index (χ4v) is 1.03. The average Bonchev–Trinajstić information content (AvgIpc) is 2.09. The van der Waals surface area contributed by atoms with Crippen molar-refractivity contribution in [3.8, 4) is 0 Å². The standard InChI is InChI=1S/C8H17F3N4.HI/c1-12-7(13-2)14-4-5-15(3)6-8(9,10)11;/h4-6H2,1-3H3,(H2,12,13,14);1H. The molecule has 0 fully saturated rings. The molecule has 0 atom stereocenters. The van der Waals surface area contributed by atoms with Gasteiger partial charge in [0.1, 0.15) is 0 Å². The number of likely N-dealkylation sites (N-methyl/N-ethyl adjacent to an activating group) is 1. The molecule has 0 aromatic rings. The van der Waals surface area contributed by atoms with E-state index >= 15 is 0 Å². The molecule has 0 unspecified atom stereocenters. The molecular weight excluding hydrogens is 336 g/mol. The molecule has 0 amide bonds. The quantitative estimate of drug-likeness (QED) is 0.448.